The fourth-order valence-corrected chi connectivity index (χ4v) is 3.33. The Kier molecular flexibility index (Phi) is 4.16. The molecule has 1 saturated carbocycles. The lowest BCUT2D eigenvalue weighted by atomic mass is 9.76. The first-order valence-corrected chi connectivity index (χ1v) is 7.34. The molecule has 1 aliphatic carbocycles. The molecule has 1 N–H and O–H groups in total. The normalized spacial score (nSPS) is 24.3. The van der Waals surface area contributed by atoms with Crippen molar-refractivity contribution in [3.63, 3.8) is 0 Å². The lowest BCUT2D eigenvalue weighted by molar-refractivity contribution is 0.179. The van der Waals surface area contributed by atoms with Crippen LogP contribution in [0.5, 0.6) is 0 Å². The van der Waals surface area contributed by atoms with E-state index in [1.807, 2.05) is 6.92 Å². The maximum absolute atomic E-state index is 5.89. The van der Waals surface area contributed by atoms with Gasteiger partial charge in [0.1, 0.15) is 11.5 Å². The lowest BCUT2D eigenvalue weighted by Gasteiger charge is -2.33. The van der Waals surface area contributed by atoms with Gasteiger partial charge in [-0.1, -0.05) is 27.2 Å². The summed E-state index contributed by atoms with van der Waals surface area (Å²) >= 11 is 0. The minimum Gasteiger partial charge on any atom is -0.465 e. The quantitative estimate of drug-likeness (QED) is 0.833. The molecule has 0 radical (unpaired) electrons. The maximum atomic E-state index is 5.89. The van der Waals surface area contributed by atoms with Crippen molar-refractivity contribution in [1.82, 2.24) is 5.32 Å². The molecule has 1 aromatic heterocycles. The van der Waals surface area contributed by atoms with Crippen molar-refractivity contribution in [2.75, 3.05) is 6.54 Å². The largest absolute Gasteiger partial charge is 0.465 e. The fourth-order valence-electron chi connectivity index (χ4n) is 3.33. The molecule has 0 spiro atoms. The van der Waals surface area contributed by atoms with Crippen LogP contribution in [0, 0.1) is 18.3 Å². The first kappa shape index (κ1) is 13.7. The zero-order chi connectivity index (χ0) is 13.2. The van der Waals surface area contributed by atoms with Crippen LogP contribution in [-0.2, 0) is 0 Å². The summed E-state index contributed by atoms with van der Waals surface area (Å²) in [5, 5.41) is 3.70. The fraction of sp³-hybridized carbons (Fsp3) is 0.750. The van der Waals surface area contributed by atoms with Gasteiger partial charge in [0.15, 0.2) is 0 Å². The van der Waals surface area contributed by atoms with Gasteiger partial charge in [0.2, 0.25) is 0 Å². The van der Waals surface area contributed by atoms with Crippen molar-refractivity contribution in [3.05, 3.63) is 23.7 Å². The third-order valence-corrected chi connectivity index (χ3v) is 4.42. The van der Waals surface area contributed by atoms with Crippen molar-refractivity contribution < 1.29 is 4.42 Å². The summed E-state index contributed by atoms with van der Waals surface area (Å²) in [6, 6.07) is 4.62. The molecule has 0 aliphatic heterocycles. The van der Waals surface area contributed by atoms with Gasteiger partial charge in [-0.25, -0.2) is 0 Å². The van der Waals surface area contributed by atoms with Gasteiger partial charge in [0.05, 0.1) is 6.04 Å². The van der Waals surface area contributed by atoms with Crippen molar-refractivity contribution in [2.45, 2.75) is 59.4 Å². The molecule has 18 heavy (non-hydrogen) atoms. The first-order chi connectivity index (χ1) is 8.54. The summed E-state index contributed by atoms with van der Waals surface area (Å²) in [6.07, 6.45) is 5.17. The summed E-state index contributed by atoms with van der Waals surface area (Å²) in [5.74, 6) is 2.83. The van der Waals surface area contributed by atoms with E-state index in [0.29, 0.717) is 17.4 Å². The Labute approximate surface area is 111 Å². The molecular formula is C16H27NO. The van der Waals surface area contributed by atoms with Crippen LogP contribution in [0.25, 0.3) is 0 Å². The molecule has 2 heteroatoms. The van der Waals surface area contributed by atoms with E-state index in [0.717, 1.165) is 18.1 Å². The smallest absolute Gasteiger partial charge is 0.121 e. The van der Waals surface area contributed by atoms with E-state index < -0.39 is 0 Å². The molecule has 2 atom stereocenters. The van der Waals surface area contributed by atoms with E-state index in [-0.39, 0.29) is 0 Å². The van der Waals surface area contributed by atoms with Crippen molar-refractivity contribution in [1.29, 1.82) is 0 Å². The van der Waals surface area contributed by atoms with Gasteiger partial charge in [-0.2, -0.15) is 0 Å². The average Bonchev–Trinajstić information content (AvgIpc) is 2.87. The van der Waals surface area contributed by atoms with Crippen LogP contribution in [0.15, 0.2) is 16.5 Å². The number of nitrogens with one attached hydrogen (secondary N) is 1. The highest BCUT2D eigenvalue weighted by Gasteiger charge is 2.40. The van der Waals surface area contributed by atoms with Crippen LogP contribution in [-0.4, -0.2) is 6.54 Å². The predicted molar refractivity (Wildman–Crippen MR) is 75.6 cm³/mol. The van der Waals surface area contributed by atoms with Gasteiger partial charge >= 0.3 is 0 Å². The molecular weight excluding hydrogens is 222 g/mol. The van der Waals surface area contributed by atoms with Crippen LogP contribution >= 0.6 is 0 Å². The van der Waals surface area contributed by atoms with Crippen LogP contribution in [0.1, 0.15) is 64.0 Å². The highest BCUT2D eigenvalue weighted by Crippen LogP contribution is 2.48. The maximum Gasteiger partial charge on any atom is 0.121 e. The Morgan fingerprint density at radius 1 is 1.44 bits per heavy atom. The van der Waals surface area contributed by atoms with Crippen LogP contribution in [0.2, 0.25) is 0 Å². The van der Waals surface area contributed by atoms with Gasteiger partial charge in [0, 0.05) is 0 Å². The monoisotopic (exact) mass is 249 g/mol. The topological polar surface area (TPSA) is 25.2 Å². The van der Waals surface area contributed by atoms with E-state index in [9.17, 15) is 0 Å². The number of furan rings is 1. The molecule has 1 aromatic rings. The summed E-state index contributed by atoms with van der Waals surface area (Å²) in [5.41, 5.74) is 0.423. The molecule has 102 valence electrons. The third-order valence-electron chi connectivity index (χ3n) is 4.42. The van der Waals surface area contributed by atoms with Crippen LogP contribution < -0.4 is 5.32 Å². The predicted octanol–water partition coefficient (Wildman–Crippen LogP) is 4.46. The number of hydrogen-bond acceptors (Lipinski definition) is 2. The lowest BCUT2D eigenvalue weighted by Crippen LogP contribution is -2.34. The van der Waals surface area contributed by atoms with Crippen LogP contribution in [0.3, 0.4) is 0 Å². The second kappa shape index (κ2) is 5.48. The standard InChI is InChI=1S/C16H27NO/c1-5-11-17-15(14-9-8-12(2)18-14)13-7-6-10-16(13,3)4/h8-9,13,15,17H,5-7,10-11H2,1-4H3. The SMILES string of the molecule is CCCNC(c1ccc(C)o1)C1CCCC1(C)C. The summed E-state index contributed by atoms with van der Waals surface area (Å²) in [7, 11) is 0. The Balaban J connectivity index is 2.19. The van der Waals surface area contributed by atoms with E-state index in [1.54, 1.807) is 0 Å². The molecule has 0 amide bonds. The molecule has 0 aromatic carbocycles. The summed E-state index contributed by atoms with van der Waals surface area (Å²) in [6.45, 7) is 10.1. The minimum atomic E-state index is 0.385. The Hall–Kier alpha value is -0.760. The molecule has 1 fully saturated rings. The van der Waals surface area contributed by atoms with Gasteiger partial charge in [-0.15, -0.1) is 0 Å². The molecule has 1 aliphatic rings. The minimum absolute atomic E-state index is 0.385. The molecule has 1 heterocycles. The highest BCUT2D eigenvalue weighted by atomic mass is 16.3. The zero-order valence-corrected chi connectivity index (χ0v) is 12.3. The number of hydrogen-bond donors (Lipinski definition) is 1. The summed E-state index contributed by atoms with van der Waals surface area (Å²) in [4.78, 5) is 0. The average molecular weight is 249 g/mol. The molecule has 2 nitrogen and oxygen atoms in total. The van der Waals surface area contributed by atoms with E-state index in [4.69, 9.17) is 4.42 Å². The van der Waals surface area contributed by atoms with Crippen molar-refractivity contribution in [2.24, 2.45) is 11.3 Å². The molecule has 0 bridgehead atoms. The first-order valence-electron chi connectivity index (χ1n) is 7.34. The number of rotatable bonds is 5. The van der Waals surface area contributed by atoms with Gasteiger partial charge in [-0.3, -0.25) is 0 Å². The van der Waals surface area contributed by atoms with Crippen LogP contribution in [0.4, 0.5) is 0 Å². The Morgan fingerprint density at radius 2 is 2.22 bits per heavy atom. The third kappa shape index (κ3) is 2.80. The van der Waals surface area contributed by atoms with Gasteiger partial charge in [-0.05, 0) is 56.2 Å². The Morgan fingerprint density at radius 3 is 2.72 bits per heavy atom. The van der Waals surface area contributed by atoms with Gasteiger partial charge < -0.3 is 9.73 Å². The van der Waals surface area contributed by atoms with Crippen molar-refractivity contribution >= 4 is 0 Å². The molecule has 2 unspecified atom stereocenters. The van der Waals surface area contributed by atoms with E-state index in [1.165, 1.54) is 25.7 Å². The highest BCUT2D eigenvalue weighted by molar-refractivity contribution is 5.12. The van der Waals surface area contributed by atoms with E-state index >= 15 is 0 Å². The zero-order valence-electron chi connectivity index (χ0n) is 12.3. The second-order valence-corrected chi connectivity index (χ2v) is 6.37. The Bertz CT molecular complexity index is 380. The van der Waals surface area contributed by atoms with Crippen molar-refractivity contribution in [3.8, 4) is 0 Å². The van der Waals surface area contributed by atoms with Gasteiger partial charge in [0.25, 0.3) is 0 Å². The molecule has 0 saturated heterocycles. The van der Waals surface area contributed by atoms with E-state index in [2.05, 4.69) is 38.2 Å². The summed E-state index contributed by atoms with van der Waals surface area (Å²) < 4.78 is 5.89. The second-order valence-electron chi connectivity index (χ2n) is 6.37. The molecule has 2 rings (SSSR count). The number of aryl methyl sites for hydroxylation is 1.